The quantitative estimate of drug-likeness (QED) is 0.518. The standard InChI is InChI=1S/C17H15N3O4/c1-11-6-3-4-9-15(11)23-12(2)17-18-16(19-24-17)13-7-5-8-14(10-13)20(21)22/h3-10,12H,1-2H3/t12-/m1/s1. The van der Waals surface area contributed by atoms with Gasteiger partial charge in [-0.3, -0.25) is 10.1 Å². The number of aromatic nitrogens is 2. The van der Waals surface area contributed by atoms with Crippen molar-refractivity contribution in [3.05, 3.63) is 70.1 Å². The molecular formula is C17H15N3O4. The second-order valence-electron chi connectivity index (χ2n) is 5.29. The van der Waals surface area contributed by atoms with Crippen LogP contribution in [0.3, 0.4) is 0 Å². The predicted octanol–water partition coefficient (Wildman–Crippen LogP) is 4.09. The zero-order valence-corrected chi connectivity index (χ0v) is 13.2. The molecule has 0 fully saturated rings. The third kappa shape index (κ3) is 3.24. The summed E-state index contributed by atoms with van der Waals surface area (Å²) in [6.07, 6.45) is -0.439. The molecule has 0 bridgehead atoms. The van der Waals surface area contributed by atoms with Crippen LogP contribution < -0.4 is 4.74 Å². The van der Waals surface area contributed by atoms with E-state index in [9.17, 15) is 10.1 Å². The molecule has 0 aliphatic heterocycles. The third-order valence-corrected chi connectivity index (χ3v) is 3.50. The Morgan fingerprint density at radius 3 is 2.75 bits per heavy atom. The maximum absolute atomic E-state index is 10.9. The minimum atomic E-state index is -0.464. The van der Waals surface area contributed by atoms with Crippen molar-refractivity contribution < 1.29 is 14.2 Å². The summed E-state index contributed by atoms with van der Waals surface area (Å²) in [6, 6.07) is 13.7. The number of hydrogen-bond acceptors (Lipinski definition) is 6. The Morgan fingerprint density at radius 2 is 2.00 bits per heavy atom. The Kier molecular flexibility index (Phi) is 4.24. The van der Waals surface area contributed by atoms with Crippen molar-refractivity contribution in [1.29, 1.82) is 0 Å². The molecule has 0 amide bonds. The number of hydrogen-bond donors (Lipinski definition) is 0. The molecule has 1 atom stereocenters. The monoisotopic (exact) mass is 325 g/mol. The van der Waals surface area contributed by atoms with Gasteiger partial charge < -0.3 is 9.26 Å². The first-order valence-electron chi connectivity index (χ1n) is 7.35. The molecule has 0 unspecified atom stereocenters. The zero-order chi connectivity index (χ0) is 17.1. The predicted molar refractivity (Wildman–Crippen MR) is 86.6 cm³/mol. The largest absolute Gasteiger partial charge is 0.481 e. The van der Waals surface area contributed by atoms with Crippen molar-refractivity contribution in [2.75, 3.05) is 0 Å². The highest BCUT2D eigenvalue weighted by Crippen LogP contribution is 2.26. The first-order valence-corrected chi connectivity index (χ1v) is 7.35. The summed E-state index contributed by atoms with van der Waals surface area (Å²) in [5.41, 5.74) is 1.49. The van der Waals surface area contributed by atoms with Crippen molar-refractivity contribution in [3.8, 4) is 17.1 Å². The molecule has 1 heterocycles. The lowest BCUT2D eigenvalue weighted by atomic mass is 10.2. The van der Waals surface area contributed by atoms with Crippen LogP contribution in [0.25, 0.3) is 11.4 Å². The summed E-state index contributed by atoms with van der Waals surface area (Å²) >= 11 is 0. The van der Waals surface area contributed by atoms with E-state index in [4.69, 9.17) is 9.26 Å². The first-order chi connectivity index (χ1) is 11.5. The SMILES string of the molecule is Cc1ccccc1O[C@H](C)c1nc(-c2cccc([N+](=O)[O-])c2)no1. The molecule has 0 aliphatic carbocycles. The summed E-state index contributed by atoms with van der Waals surface area (Å²) in [7, 11) is 0. The maximum atomic E-state index is 10.9. The van der Waals surface area contributed by atoms with Gasteiger partial charge in [-0.15, -0.1) is 0 Å². The van der Waals surface area contributed by atoms with Gasteiger partial charge in [0.25, 0.3) is 11.6 Å². The number of aryl methyl sites for hydroxylation is 1. The van der Waals surface area contributed by atoms with E-state index in [1.54, 1.807) is 19.1 Å². The van der Waals surface area contributed by atoms with E-state index in [2.05, 4.69) is 10.1 Å². The minimum Gasteiger partial charge on any atom is -0.481 e. The lowest BCUT2D eigenvalue weighted by molar-refractivity contribution is -0.384. The van der Waals surface area contributed by atoms with E-state index in [1.807, 2.05) is 31.2 Å². The van der Waals surface area contributed by atoms with Gasteiger partial charge in [-0.2, -0.15) is 4.98 Å². The van der Waals surface area contributed by atoms with Gasteiger partial charge in [-0.1, -0.05) is 35.5 Å². The number of nitro groups is 1. The number of nitro benzene ring substituents is 1. The Bertz CT molecular complexity index is 876. The summed E-state index contributed by atoms with van der Waals surface area (Å²) in [5.74, 6) is 1.33. The minimum absolute atomic E-state index is 0.0249. The number of non-ortho nitro benzene ring substituents is 1. The highest BCUT2D eigenvalue weighted by Gasteiger charge is 2.18. The van der Waals surface area contributed by atoms with Gasteiger partial charge in [0.05, 0.1) is 4.92 Å². The Morgan fingerprint density at radius 1 is 1.21 bits per heavy atom. The van der Waals surface area contributed by atoms with Crippen LogP contribution in [-0.4, -0.2) is 15.1 Å². The summed E-state index contributed by atoms with van der Waals surface area (Å²) in [6.45, 7) is 3.75. The van der Waals surface area contributed by atoms with Crippen LogP contribution >= 0.6 is 0 Å². The highest BCUT2D eigenvalue weighted by molar-refractivity contribution is 5.58. The molecule has 0 aliphatic rings. The van der Waals surface area contributed by atoms with E-state index in [1.165, 1.54) is 12.1 Å². The molecule has 2 aromatic carbocycles. The number of rotatable bonds is 5. The van der Waals surface area contributed by atoms with Gasteiger partial charge in [0, 0.05) is 17.7 Å². The maximum Gasteiger partial charge on any atom is 0.270 e. The second-order valence-corrected chi connectivity index (χ2v) is 5.29. The summed E-state index contributed by atoms with van der Waals surface area (Å²) < 4.78 is 11.1. The van der Waals surface area contributed by atoms with Crippen LogP contribution in [0.1, 0.15) is 24.5 Å². The van der Waals surface area contributed by atoms with E-state index < -0.39 is 11.0 Å². The van der Waals surface area contributed by atoms with Crippen LogP contribution in [0.5, 0.6) is 5.75 Å². The molecule has 0 spiro atoms. The van der Waals surface area contributed by atoms with Gasteiger partial charge in [0.2, 0.25) is 5.82 Å². The van der Waals surface area contributed by atoms with Gasteiger partial charge >= 0.3 is 0 Å². The van der Waals surface area contributed by atoms with Crippen LogP contribution in [0.2, 0.25) is 0 Å². The van der Waals surface area contributed by atoms with Crippen LogP contribution in [0.15, 0.2) is 53.1 Å². The van der Waals surface area contributed by atoms with Crippen LogP contribution in [0, 0.1) is 17.0 Å². The Balaban J connectivity index is 1.81. The number of benzene rings is 2. The molecule has 7 heteroatoms. The van der Waals surface area contributed by atoms with Crippen molar-refractivity contribution in [3.63, 3.8) is 0 Å². The smallest absolute Gasteiger partial charge is 0.270 e. The lowest BCUT2D eigenvalue weighted by Gasteiger charge is -2.12. The average Bonchev–Trinajstić information content (AvgIpc) is 3.07. The topological polar surface area (TPSA) is 91.3 Å². The molecule has 7 nitrogen and oxygen atoms in total. The number of nitrogens with zero attached hydrogens (tertiary/aromatic N) is 3. The molecule has 1 aromatic heterocycles. The molecule has 24 heavy (non-hydrogen) atoms. The average molecular weight is 325 g/mol. The van der Waals surface area contributed by atoms with Crippen molar-refractivity contribution in [2.45, 2.75) is 20.0 Å². The van der Waals surface area contributed by atoms with E-state index >= 15 is 0 Å². The normalized spacial score (nSPS) is 11.9. The summed E-state index contributed by atoms with van der Waals surface area (Å²) in [5, 5.41) is 14.7. The van der Waals surface area contributed by atoms with Gasteiger partial charge in [-0.05, 0) is 25.5 Å². The molecule has 3 aromatic rings. The fourth-order valence-electron chi connectivity index (χ4n) is 2.21. The molecule has 0 saturated carbocycles. The van der Waals surface area contributed by atoms with Crippen molar-refractivity contribution in [1.82, 2.24) is 10.1 Å². The fraction of sp³-hybridized carbons (Fsp3) is 0.176. The molecule has 0 saturated heterocycles. The molecule has 122 valence electrons. The third-order valence-electron chi connectivity index (χ3n) is 3.50. The molecular weight excluding hydrogens is 310 g/mol. The summed E-state index contributed by atoms with van der Waals surface area (Å²) in [4.78, 5) is 14.7. The fourth-order valence-corrected chi connectivity index (χ4v) is 2.21. The van der Waals surface area contributed by atoms with Crippen molar-refractivity contribution in [2.24, 2.45) is 0 Å². The van der Waals surface area contributed by atoms with Gasteiger partial charge in [0.1, 0.15) is 5.75 Å². The van der Waals surface area contributed by atoms with Crippen LogP contribution in [-0.2, 0) is 0 Å². The van der Waals surface area contributed by atoms with Gasteiger partial charge in [0.15, 0.2) is 6.10 Å². The van der Waals surface area contributed by atoms with Crippen LogP contribution in [0.4, 0.5) is 5.69 Å². The lowest BCUT2D eigenvalue weighted by Crippen LogP contribution is -2.04. The Labute approximate surface area is 138 Å². The van der Waals surface area contributed by atoms with Crippen molar-refractivity contribution >= 4 is 5.69 Å². The van der Waals surface area contributed by atoms with E-state index in [0.717, 1.165) is 11.3 Å². The number of ether oxygens (including phenoxy) is 1. The molecule has 0 N–H and O–H groups in total. The van der Waals surface area contributed by atoms with Gasteiger partial charge in [-0.25, -0.2) is 0 Å². The second kappa shape index (κ2) is 6.49. The van der Waals surface area contributed by atoms with E-state index in [-0.39, 0.29) is 11.5 Å². The van der Waals surface area contributed by atoms with E-state index in [0.29, 0.717) is 11.5 Å². The molecule has 3 rings (SSSR count). The molecule has 0 radical (unpaired) electrons. The highest BCUT2D eigenvalue weighted by atomic mass is 16.6. The first kappa shape index (κ1) is 15.7. The number of para-hydroxylation sites is 1. The Hall–Kier alpha value is -3.22. The zero-order valence-electron chi connectivity index (χ0n) is 13.2.